The summed E-state index contributed by atoms with van der Waals surface area (Å²) < 4.78 is 0. The summed E-state index contributed by atoms with van der Waals surface area (Å²) in [5, 5.41) is 9.37. The minimum absolute atomic E-state index is 0.0423. The molecule has 8 heteroatoms. The van der Waals surface area contributed by atoms with Crippen molar-refractivity contribution in [1.82, 2.24) is 20.9 Å². The molecule has 29 heavy (non-hydrogen) atoms. The second-order valence-corrected chi connectivity index (χ2v) is 8.66. The molecule has 3 heterocycles. The van der Waals surface area contributed by atoms with Gasteiger partial charge in [-0.3, -0.25) is 29.4 Å². The summed E-state index contributed by atoms with van der Waals surface area (Å²) in [5.74, 6) is -1.16. The van der Waals surface area contributed by atoms with Crippen molar-refractivity contribution >= 4 is 23.6 Å². The number of rotatable bonds is 4. The molecule has 0 aromatic heterocycles. The summed E-state index contributed by atoms with van der Waals surface area (Å²) in [5.41, 5.74) is 1.53. The van der Waals surface area contributed by atoms with Gasteiger partial charge in [0.05, 0.1) is 11.1 Å². The Hall–Kier alpha value is -2.58. The van der Waals surface area contributed by atoms with Crippen LogP contribution in [0.1, 0.15) is 58.4 Å². The Labute approximate surface area is 168 Å². The number of carbonyl (C=O) groups is 4. The molecule has 1 saturated carbocycles. The van der Waals surface area contributed by atoms with Crippen molar-refractivity contribution in [3.8, 4) is 0 Å². The maximum Gasteiger partial charge on any atom is 0.262 e. The van der Waals surface area contributed by atoms with Crippen LogP contribution in [0, 0.1) is 5.92 Å². The number of piperidine rings is 2. The second kappa shape index (κ2) is 6.74. The number of nitrogens with zero attached hydrogens (tertiary/aromatic N) is 1. The highest BCUT2D eigenvalue weighted by molar-refractivity contribution is 6.24. The maximum absolute atomic E-state index is 13.2. The molecular formula is C21H24N4O4. The monoisotopic (exact) mass is 396 g/mol. The molecule has 5 rings (SSSR count). The van der Waals surface area contributed by atoms with Crippen molar-refractivity contribution < 1.29 is 19.2 Å². The number of fused-ring (bicyclic) bond motifs is 3. The average molecular weight is 396 g/mol. The zero-order valence-corrected chi connectivity index (χ0v) is 16.1. The van der Waals surface area contributed by atoms with Crippen LogP contribution in [0.2, 0.25) is 0 Å². The van der Waals surface area contributed by atoms with Crippen molar-refractivity contribution in [3.05, 3.63) is 34.9 Å². The lowest BCUT2D eigenvalue weighted by atomic mass is 9.91. The van der Waals surface area contributed by atoms with E-state index >= 15 is 0 Å². The highest BCUT2D eigenvalue weighted by atomic mass is 16.2. The largest absolute Gasteiger partial charge is 0.315 e. The first-order valence-electron chi connectivity index (χ1n) is 10.3. The first kappa shape index (κ1) is 18.4. The van der Waals surface area contributed by atoms with Gasteiger partial charge in [-0.1, -0.05) is 12.1 Å². The first-order chi connectivity index (χ1) is 14.0. The Balaban J connectivity index is 1.39. The van der Waals surface area contributed by atoms with E-state index in [9.17, 15) is 19.2 Å². The predicted molar refractivity (Wildman–Crippen MR) is 103 cm³/mol. The smallest absolute Gasteiger partial charge is 0.262 e. The van der Waals surface area contributed by atoms with Crippen LogP contribution in [-0.4, -0.2) is 53.2 Å². The molecule has 1 aromatic rings. The van der Waals surface area contributed by atoms with Gasteiger partial charge in [0.15, 0.2) is 0 Å². The molecule has 3 aliphatic heterocycles. The number of amides is 4. The fourth-order valence-corrected chi connectivity index (χ4v) is 5.33. The van der Waals surface area contributed by atoms with Gasteiger partial charge in [0.2, 0.25) is 11.8 Å². The third kappa shape index (κ3) is 2.98. The third-order valence-corrected chi connectivity index (χ3v) is 6.82. The van der Waals surface area contributed by atoms with Gasteiger partial charge in [-0.05, 0) is 49.8 Å². The second-order valence-electron chi connectivity index (χ2n) is 8.66. The molecule has 3 N–H and O–H groups in total. The third-order valence-electron chi connectivity index (χ3n) is 6.82. The van der Waals surface area contributed by atoms with E-state index in [0.29, 0.717) is 23.6 Å². The Morgan fingerprint density at radius 2 is 2.00 bits per heavy atom. The van der Waals surface area contributed by atoms with Crippen molar-refractivity contribution in [2.75, 3.05) is 13.1 Å². The number of benzene rings is 1. The molecule has 0 radical (unpaired) electrons. The lowest BCUT2D eigenvalue weighted by molar-refractivity contribution is -0.136. The summed E-state index contributed by atoms with van der Waals surface area (Å²) in [7, 11) is 0. The molecular weight excluding hydrogens is 372 g/mol. The van der Waals surface area contributed by atoms with Gasteiger partial charge in [0.25, 0.3) is 11.8 Å². The Kier molecular flexibility index (Phi) is 4.29. The SMILES string of the molecule is O=C1CCC(N2C(=O)c3cccc(CNC45CCC(CNC4)C5)c3C2=O)C(=O)N1. The van der Waals surface area contributed by atoms with Gasteiger partial charge < -0.3 is 10.6 Å². The van der Waals surface area contributed by atoms with E-state index < -0.39 is 23.8 Å². The Morgan fingerprint density at radius 3 is 2.83 bits per heavy atom. The van der Waals surface area contributed by atoms with Crippen LogP contribution in [0.25, 0.3) is 0 Å². The van der Waals surface area contributed by atoms with Crippen LogP contribution < -0.4 is 16.0 Å². The standard InChI is InChI=1S/C21H24N4O4/c26-16-5-4-15(18(27)24-16)25-19(28)14-3-1-2-13(17(14)20(25)29)10-23-21-7-6-12(8-21)9-22-11-21/h1-3,12,15,22-23H,4-11H2,(H,24,26,27). The minimum atomic E-state index is -0.933. The van der Waals surface area contributed by atoms with Crippen LogP contribution in [0.4, 0.5) is 0 Å². The van der Waals surface area contributed by atoms with E-state index in [4.69, 9.17) is 0 Å². The number of carbonyl (C=O) groups excluding carboxylic acids is 4. The van der Waals surface area contributed by atoms with Gasteiger partial charge in [0, 0.05) is 25.0 Å². The van der Waals surface area contributed by atoms with E-state index in [1.165, 1.54) is 6.42 Å². The van der Waals surface area contributed by atoms with Gasteiger partial charge >= 0.3 is 0 Å². The van der Waals surface area contributed by atoms with E-state index in [2.05, 4.69) is 16.0 Å². The molecule has 8 nitrogen and oxygen atoms in total. The van der Waals surface area contributed by atoms with Crippen molar-refractivity contribution in [2.45, 2.75) is 50.2 Å². The van der Waals surface area contributed by atoms with Crippen LogP contribution in [-0.2, 0) is 16.1 Å². The number of imide groups is 2. The van der Waals surface area contributed by atoms with E-state index in [-0.39, 0.29) is 24.3 Å². The fourth-order valence-electron chi connectivity index (χ4n) is 5.33. The van der Waals surface area contributed by atoms with Crippen LogP contribution >= 0.6 is 0 Å². The van der Waals surface area contributed by atoms with Gasteiger partial charge in [-0.2, -0.15) is 0 Å². The molecule has 2 bridgehead atoms. The van der Waals surface area contributed by atoms with Crippen molar-refractivity contribution in [1.29, 1.82) is 0 Å². The summed E-state index contributed by atoms with van der Waals surface area (Å²) in [6.45, 7) is 2.48. The summed E-state index contributed by atoms with van der Waals surface area (Å²) in [6.07, 6.45) is 3.72. The van der Waals surface area contributed by atoms with Crippen LogP contribution in [0.3, 0.4) is 0 Å². The molecule has 0 spiro atoms. The molecule has 3 unspecified atom stereocenters. The number of nitrogens with one attached hydrogen (secondary N) is 3. The van der Waals surface area contributed by atoms with Crippen molar-refractivity contribution in [3.63, 3.8) is 0 Å². The Morgan fingerprint density at radius 1 is 1.14 bits per heavy atom. The van der Waals surface area contributed by atoms with Crippen molar-refractivity contribution in [2.24, 2.45) is 5.92 Å². The van der Waals surface area contributed by atoms with Crippen LogP contribution in [0.5, 0.6) is 0 Å². The molecule has 3 atom stereocenters. The van der Waals surface area contributed by atoms with Gasteiger partial charge in [-0.15, -0.1) is 0 Å². The minimum Gasteiger partial charge on any atom is -0.315 e. The highest BCUT2D eigenvalue weighted by Crippen LogP contribution is 2.37. The van der Waals surface area contributed by atoms with E-state index in [1.807, 2.05) is 6.07 Å². The molecule has 1 aromatic carbocycles. The maximum atomic E-state index is 13.2. The predicted octanol–water partition coefficient (Wildman–Crippen LogP) is 0.320. The normalized spacial score (nSPS) is 31.2. The zero-order valence-electron chi connectivity index (χ0n) is 16.1. The molecule has 3 fully saturated rings. The number of hydrogen-bond donors (Lipinski definition) is 3. The summed E-state index contributed by atoms with van der Waals surface area (Å²) in [4.78, 5) is 50.8. The summed E-state index contributed by atoms with van der Waals surface area (Å²) >= 11 is 0. The first-order valence-corrected chi connectivity index (χ1v) is 10.3. The molecule has 152 valence electrons. The topological polar surface area (TPSA) is 108 Å². The quantitative estimate of drug-likeness (QED) is 0.633. The number of hydrogen-bond acceptors (Lipinski definition) is 6. The fraction of sp³-hybridized carbons (Fsp3) is 0.524. The molecule has 4 aliphatic rings. The van der Waals surface area contributed by atoms with E-state index in [1.54, 1.807) is 12.1 Å². The highest BCUT2D eigenvalue weighted by Gasteiger charge is 2.46. The van der Waals surface area contributed by atoms with Gasteiger partial charge in [0.1, 0.15) is 6.04 Å². The Bertz CT molecular complexity index is 925. The molecule has 1 aliphatic carbocycles. The summed E-state index contributed by atoms with van der Waals surface area (Å²) in [6, 6.07) is 4.35. The van der Waals surface area contributed by atoms with Crippen LogP contribution in [0.15, 0.2) is 18.2 Å². The average Bonchev–Trinajstić information content (AvgIpc) is 3.14. The molecule has 4 amide bonds. The zero-order chi connectivity index (χ0) is 20.2. The van der Waals surface area contributed by atoms with Gasteiger partial charge in [-0.25, -0.2) is 0 Å². The lowest BCUT2D eigenvalue weighted by Crippen LogP contribution is -2.54. The van der Waals surface area contributed by atoms with E-state index in [0.717, 1.165) is 36.4 Å². The lowest BCUT2D eigenvalue weighted by Gasteiger charge is -2.35. The molecule has 2 saturated heterocycles.